The molecule has 4 heteroatoms. The fourth-order valence-electron chi connectivity index (χ4n) is 9.28. The molecule has 1 aromatic rings. The number of fused-ring (bicyclic) bond motifs is 2. The van der Waals surface area contributed by atoms with E-state index in [0.717, 1.165) is 43.9 Å². The molecule has 4 nitrogen and oxygen atoms in total. The Bertz CT molecular complexity index is 991. The molecule has 0 amide bonds. The number of phenols is 1. The molecule has 0 aromatic heterocycles. The molecule has 1 saturated heterocycles. The third kappa shape index (κ3) is 2.14. The summed E-state index contributed by atoms with van der Waals surface area (Å²) in [6.45, 7) is 11.1. The van der Waals surface area contributed by atoms with Crippen molar-refractivity contribution < 1.29 is 14.9 Å². The quantitative estimate of drug-likeness (QED) is 0.725. The number of benzene rings is 1. The summed E-state index contributed by atoms with van der Waals surface area (Å²) < 4.78 is 6.83. The second-order valence-corrected chi connectivity index (χ2v) is 13.4. The van der Waals surface area contributed by atoms with Crippen molar-refractivity contribution in [1.29, 1.82) is 0 Å². The molecule has 2 spiro atoms. The predicted octanol–water partition coefficient (Wildman–Crippen LogP) is 4.64. The lowest BCUT2D eigenvalue weighted by atomic mass is 9.34. The molecule has 7 atom stereocenters. The number of piperidine rings is 1. The Morgan fingerprint density at radius 2 is 1.91 bits per heavy atom. The van der Waals surface area contributed by atoms with Crippen molar-refractivity contribution in [3.63, 3.8) is 0 Å². The lowest BCUT2D eigenvalue weighted by molar-refractivity contribution is -0.243. The van der Waals surface area contributed by atoms with E-state index in [1.54, 1.807) is 0 Å². The van der Waals surface area contributed by atoms with Crippen LogP contribution in [0.4, 0.5) is 0 Å². The summed E-state index contributed by atoms with van der Waals surface area (Å²) in [6.07, 6.45) is 8.58. The Balaban J connectivity index is 1.43. The molecular formula is C28H39NO3. The van der Waals surface area contributed by atoms with Crippen LogP contribution < -0.4 is 4.74 Å². The van der Waals surface area contributed by atoms with Crippen LogP contribution in [-0.2, 0) is 11.8 Å². The highest BCUT2D eigenvalue weighted by Gasteiger charge is 2.77. The summed E-state index contributed by atoms with van der Waals surface area (Å²) in [5.41, 5.74) is 2.02. The lowest BCUT2D eigenvalue weighted by Crippen LogP contribution is -2.77. The van der Waals surface area contributed by atoms with E-state index in [-0.39, 0.29) is 28.3 Å². The van der Waals surface area contributed by atoms with Crippen LogP contribution >= 0.6 is 0 Å². The van der Waals surface area contributed by atoms with Crippen molar-refractivity contribution in [3.05, 3.63) is 23.3 Å². The molecule has 4 saturated carbocycles. The zero-order valence-electron chi connectivity index (χ0n) is 20.2. The molecule has 7 aliphatic rings. The number of nitrogens with zero attached hydrogens (tertiary/aromatic N) is 1. The maximum atomic E-state index is 12.0. The average Bonchev–Trinajstić information content (AvgIpc) is 3.47. The van der Waals surface area contributed by atoms with Gasteiger partial charge in [-0.3, -0.25) is 4.90 Å². The summed E-state index contributed by atoms with van der Waals surface area (Å²) in [5, 5.41) is 22.8. The Hall–Kier alpha value is -1.26. The SMILES string of the molecule is CC(C)(C)C(C)(O)C1C[C@@]23CC[C@@H]1C1Oc4c(O)ccc5c4C12CCN([11CH2]C1CC1)C3C5. The highest BCUT2D eigenvalue weighted by Crippen LogP contribution is 2.76. The molecule has 0 radical (unpaired) electrons. The van der Waals surface area contributed by atoms with Crippen LogP contribution in [0.25, 0.3) is 0 Å². The maximum absolute atomic E-state index is 12.0. The fourth-order valence-corrected chi connectivity index (χ4v) is 9.28. The van der Waals surface area contributed by atoms with Gasteiger partial charge in [0.05, 0.1) is 5.60 Å². The second-order valence-electron chi connectivity index (χ2n) is 13.4. The van der Waals surface area contributed by atoms with Crippen molar-refractivity contribution in [2.75, 3.05) is 13.1 Å². The molecule has 5 aliphatic carbocycles. The summed E-state index contributed by atoms with van der Waals surface area (Å²) in [4.78, 5) is 2.85. The monoisotopic (exact) mass is 436 g/mol. The van der Waals surface area contributed by atoms with Crippen LogP contribution in [-0.4, -0.2) is 45.9 Å². The third-order valence-electron chi connectivity index (χ3n) is 11.4. The largest absolute Gasteiger partial charge is 0.504 e. The minimum atomic E-state index is -0.747. The highest BCUT2D eigenvalue weighted by molar-refractivity contribution is 5.62. The Kier molecular flexibility index (Phi) is 3.69. The molecule has 174 valence electrons. The van der Waals surface area contributed by atoms with Gasteiger partial charge in [-0.1, -0.05) is 26.8 Å². The first-order chi connectivity index (χ1) is 15.1. The molecule has 2 aliphatic heterocycles. The smallest absolute Gasteiger partial charge is 0.165 e. The van der Waals surface area contributed by atoms with E-state index < -0.39 is 5.60 Å². The number of rotatable bonds is 3. The van der Waals surface area contributed by atoms with Crippen LogP contribution in [0, 0.1) is 28.6 Å². The molecular weight excluding hydrogens is 397 g/mol. The Labute approximate surface area is 192 Å². The first-order valence-corrected chi connectivity index (χ1v) is 13.1. The minimum Gasteiger partial charge on any atom is -0.504 e. The first-order valence-electron chi connectivity index (χ1n) is 13.1. The zero-order valence-corrected chi connectivity index (χ0v) is 20.2. The molecule has 8 rings (SSSR count). The van der Waals surface area contributed by atoms with E-state index in [1.807, 2.05) is 6.07 Å². The van der Waals surface area contributed by atoms with E-state index in [0.29, 0.717) is 17.7 Å². The van der Waals surface area contributed by atoms with Crippen LogP contribution in [0.2, 0.25) is 0 Å². The van der Waals surface area contributed by atoms with Gasteiger partial charge in [-0.2, -0.15) is 0 Å². The van der Waals surface area contributed by atoms with Gasteiger partial charge >= 0.3 is 0 Å². The normalized spacial score (nSPS) is 43.5. The lowest BCUT2D eigenvalue weighted by Gasteiger charge is -2.73. The molecule has 32 heavy (non-hydrogen) atoms. The van der Waals surface area contributed by atoms with E-state index in [1.165, 1.54) is 36.9 Å². The van der Waals surface area contributed by atoms with Crippen LogP contribution in [0.15, 0.2) is 12.1 Å². The summed E-state index contributed by atoms with van der Waals surface area (Å²) in [5.74, 6) is 2.57. The molecule has 2 heterocycles. The van der Waals surface area contributed by atoms with Gasteiger partial charge in [0.15, 0.2) is 11.5 Å². The topological polar surface area (TPSA) is 52.9 Å². The number of hydrogen-bond donors (Lipinski definition) is 2. The Morgan fingerprint density at radius 1 is 1.12 bits per heavy atom. The van der Waals surface area contributed by atoms with Gasteiger partial charge in [0.25, 0.3) is 0 Å². The zero-order chi connectivity index (χ0) is 22.3. The fraction of sp³-hybridized carbons (Fsp3) is 0.786. The number of likely N-dealkylation sites (tertiary alicyclic amines) is 1. The van der Waals surface area contributed by atoms with Gasteiger partial charge in [-0.25, -0.2) is 0 Å². The summed E-state index contributed by atoms with van der Waals surface area (Å²) in [6, 6.07) is 4.59. The van der Waals surface area contributed by atoms with Crippen molar-refractivity contribution in [2.45, 2.75) is 95.8 Å². The summed E-state index contributed by atoms with van der Waals surface area (Å²) in [7, 11) is 0. The molecule has 5 fully saturated rings. The molecule has 2 N–H and O–H groups in total. The van der Waals surface area contributed by atoms with E-state index in [4.69, 9.17) is 4.74 Å². The first kappa shape index (κ1) is 20.1. The standard InChI is InChI=1S/C28H39NO3/c1-25(2,3)26(4,31)19-14-27-10-9-18(19)24-28(27)11-12-29(15-16-5-6-16)21(27)13-17-7-8-20(30)23(32-24)22(17)28/h7-8,16,18-19,21,24,30-31H,5-6,9-15H2,1-4H3/t18-,19?,21?,24?,26?,27+,28?/m0/s1/i15-1. The number of phenolic OH excluding ortho intramolecular Hbond substituents is 1. The number of ether oxygens (including phenoxy) is 1. The van der Waals surface area contributed by atoms with Gasteiger partial charge in [-0.05, 0) is 87.3 Å². The van der Waals surface area contributed by atoms with Crippen molar-refractivity contribution in [1.82, 2.24) is 4.90 Å². The molecule has 5 unspecified atom stereocenters. The van der Waals surface area contributed by atoms with Crippen LogP contribution in [0.5, 0.6) is 11.5 Å². The Morgan fingerprint density at radius 3 is 2.62 bits per heavy atom. The third-order valence-corrected chi connectivity index (χ3v) is 11.4. The number of aromatic hydroxyl groups is 1. The van der Waals surface area contributed by atoms with Gasteiger partial charge in [0.1, 0.15) is 6.10 Å². The maximum Gasteiger partial charge on any atom is 0.165 e. The summed E-state index contributed by atoms with van der Waals surface area (Å²) >= 11 is 0. The van der Waals surface area contributed by atoms with E-state index in [9.17, 15) is 10.2 Å². The van der Waals surface area contributed by atoms with Crippen LogP contribution in [0.3, 0.4) is 0 Å². The van der Waals surface area contributed by atoms with Gasteiger partial charge in [0, 0.05) is 34.9 Å². The van der Waals surface area contributed by atoms with Crippen molar-refractivity contribution in [3.8, 4) is 11.5 Å². The van der Waals surface area contributed by atoms with Gasteiger partial charge < -0.3 is 14.9 Å². The number of hydrogen-bond acceptors (Lipinski definition) is 4. The van der Waals surface area contributed by atoms with E-state index in [2.05, 4.69) is 38.7 Å². The van der Waals surface area contributed by atoms with Gasteiger partial charge in [0.2, 0.25) is 0 Å². The minimum absolute atomic E-state index is 0.0206. The predicted molar refractivity (Wildman–Crippen MR) is 124 cm³/mol. The van der Waals surface area contributed by atoms with E-state index >= 15 is 0 Å². The second kappa shape index (κ2) is 5.86. The van der Waals surface area contributed by atoms with Crippen LogP contribution in [0.1, 0.15) is 77.3 Å². The van der Waals surface area contributed by atoms with Gasteiger partial charge in [-0.15, -0.1) is 0 Å². The van der Waals surface area contributed by atoms with Crippen molar-refractivity contribution >= 4 is 0 Å². The molecule has 1 aromatic carbocycles. The average molecular weight is 437 g/mol. The highest BCUT2D eigenvalue weighted by atomic mass is 16.5. The molecule has 4 bridgehead atoms. The number of aliphatic hydroxyl groups is 1. The van der Waals surface area contributed by atoms with Crippen molar-refractivity contribution in [2.24, 2.45) is 28.6 Å².